The van der Waals surface area contributed by atoms with Gasteiger partial charge in [-0.05, 0) is 27.3 Å². The Morgan fingerprint density at radius 3 is 2.94 bits per heavy atom. The van der Waals surface area contributed by atoms with E-state index in [4.69, 9.17) is 0 Å². The third-order valence-electron chi connectivity index (χ3n) is 2.29. The Bertz CT molecular complexity index is 433. The molecule has 0 aliphatic carbocycles. The molecule has 7 nitrogen and oxygen atoms in total. The van der Waals surface area contributed by atoms with Crippen LogP contribution in [0, 0.1) is 10.1 Å². The van der Waals surface area contributed by atoms with Crippen LogP contribution < -0.4 is 5.32 Å². The van der Waals surface area contributed by atoms with Crippen molar-refractivity contribution in [2.45, 2.75) is 32.7 Å². The molecule has 0 fully saturated rings. The number of aryl methyl sites for hydroxylation is 1. The Labute approximate surface area is 113 Å². The van der Waals surface area contributed by atoms with E-state index in [-0.39, 0.29) is 18.1 Å². The van der Waals surface area contributed by atoms with E-state index in [1.165, 1.54) is 10.9 Å². The van der Waals surface area contributed by atoms with Crippen LogP contribution in [0.2, 0.25) is 0 Å². The molecule has 1 N–H and O–H groups in total. The molecule has 18 heavy (non-hydrogen) atoms. The number of nitrogens with zero attached hydrogens (tertiary/aromatic N) is 3. The summed E-state index contributed by atoms with van der Waals surface area (Å²) < 4.78 is 1.71. The first-order valence-corrected chi connectivity index (χ1v) is 6.48. The number of carbonyl (C=O) groups excluding carboxylic acids is 1. The van der Waals surface area contributed by atoms with Gasteiger partial charge in [-0.3, -0.25) is 4.79 Å². The largest absolute Gasteiger partial charge is 0.404 e. The van der Waals surface area contributed by atoms with E-state index in [1.54, 1.807) is 0 Å². The molecule has 1 heterocycles. The summed E-state index contributed by atoms with van der Waals surface area (Å²) in [6.45, 7) is 3.04. The van der Waals surface area contributed by atoms with Crippen molar-refractivity contribution in [1.82, 2.24) is 15.1 Å². The molecule has 0 unspecified atom stereocenters. The topological polar surface area (TPSA) is 90.1 Å². The molecule has 0 aliphatic heterocycles. The number of halogens is 1. The summed E-state index contributed by atoms with van der Waals surface area (Å²) in [7, 11) is 0. The molecule has 8 heteroatoms. The van der Waals surface area contributed by atoms with E-state index in [0.29, 0.717) is 17.6 Å². The van der Waals surface area contributed by atoms with Crippen molar-refractivity contribution in [2.75, 3.05) is 6.54 Å². The van der Waals surface area contributed by atoms with Crippen molar-refractivity contribution in [3.8, 4) is 0 Å². The summed E-state index contributed by atoms with van der Waals surface area (Å²) in [5.41, 5.74) is 0. The molecule has 0 bridgehead atoms. The molecule has 0 saturated heterocycles. The molecule has 1 aromatic rings. The standard InChI is InChI=1S/C10H15BrN4O3/c1-2-3-5-12-9(16)4-6-14-7-8(11)10(13-14)15(17)18/h7H,2-6H2,1H3,(H,12,16). The lowest BCUT2D eigenvalue weighted by molar-refractivity contribution is -0.390. The number of nitrogens with one attached hydrogen (secondary N) is 1. The Hall–Kier alpha value is -1.44. The van der Waals surface area contributed by atoms with Crippen molar-refractivity contribution in [3.05, 3.63) is 20.8 Å². The van der Waals surface area contributed by atoms with E-state index in [0.717, 1.165) is 12.8 Å². The Morgan fingerprint density at radius 2 is 2.39 bits per heavy atom. The molecule has 0 aliphatic rings. The van der Waals surface area contributed by atoms with Gasteiger partial charge in [0.05, 0.1) is 17.8 Å². The first kappa shape index (κ1) is 14.6. The smallest absolute Gasteiger partial charge is 0.358 e. The molecule has 0 saturated carbocycles. The van der Waals surface area contributed by atoms with Crippen LogP contribution >= 0.6 is 15.9 Å². The highest BCUT2D eigenvalue weighted by molar-refractivity contribution is 9.10. The van der Waals surface area contributed by atoms with Gasteiger partial charge in [-0.25, -0.2) is 0 Å². The zero-order valence-electron chi connectivity index (χ0n) is 10.1. The zero-order chi connectivity index (χ0) is 13.5. The lowest BCUT2D eigenvalue weighted by atomic mass is 10.3. The second-order valence-corrected chi connectivity index (χ2v) is 4.63. The zero-order valence-corrected chi connectivity index (χ0v) is 11.6. The number of aromatic nitrogens is 2. The van der Waals surface area contributed by atoms with Gasteiger partial charge in [0.2, 0.25) is 5.91 Å². The minimum Gasteiger partial charge on any atom is -0.358 e. The maximum absolute atomic E-state index is 11.4. The van der Waals surface area contributed by atoms with E-state index in [1.807, 2.05) is 6.92 Å². The molecule has 1 rings (SSSR count). The average molecular weight is 319 g/mol. The van der Waals surface area contributed by atoms with E-state index in [9.17, 15) is 14.9 Å². The highest BCUT2D eigenvalue weighted by atomic mass is 79.9. The molecule has 0 aromatic carbocycles. The SMILES string of the molecule is CCCCNC(=O)CCn1cc(Br)c([N+](=O)[O-])n1. The van der Waals surface area contributed by atoms with Gasteiger partial charge in [0.25, 0.3) is 0 Å². The summed E-state index contributed by atoms with van der Waals surface area (Å²) in [6, 6.07) is 0. The lowest BCUT2D eigenvalue weighted by Crippen LogP contribution is -2.25. The van der Waals surface area contributed by atoms with Crippen LogP contribution in [0.5, 0.6) is 0 Å². The quantitative estimate of drug-likeness (QED) is 0.472. The first-order valence-electron chi connectivity index (χ1n) is 5.68. The van der Waals surface area contributed by atoms with Crippen LogP contribution in [-0.2, 0) is 11.3 Å². The number of nitro groups is 1. The van der Waals surface area contributed by atoms with Gasteiger partial charge in [0, 0.05) is 13.0 Å². The summed E-state index contributed by atoms with van der Waals surface area (Å²) in [5, 5.41) is 17.1. The van der Waals surface area contributed by atoms with Crippen LogP contribution in [-0.4, -0.2) is 27.2 Å². The van der Waals surface area contributed by atoms with Crippen molar-refractivity contribution in [2.24, 2.45) is 0 Å². The average Bonchev–Trinajstić information content (AvgIpc) is 2.68. The van der Waals surface area contributed by atoms with Crippen LogP contribution in [0.4, 0.5) is 5.82 Å². The molecule has 1 amide bonds. The van der Waals surface area contributed by atoms with Gasteiger partial charge in [-0.1, -0.05) is 13.3 Å². The second-order valence-electron chi connectivity index (χ2n) is 3.77. The minimum atomic E-state index is -0.568. The Balaban J connectivity index is 2.41. The number of hydrogen-bond donors (Lipinski definition) is 1. The third kappa shape index (κ3) is 4.44. The molecular weight excluding hydrogens is 304 g/mol. The number of amides is 1. The summed E-state index contributed by atoms with van der Waals surface area (Å²) in [5.74, 6) is -0.306. The third-order valence-corrected chi connectivity index (χ3v) is 2.85. The summed E-state index contributed by atoms with van der Waals surface area (Å²) in [6.07, 6.45) is 3.73. The Kier molecular flexibility index (Phi) is 5.76. The van der Waals surface area contributed by atoms with Crippen molar-refractivity contribution >= 4 is 27.7 Å². The minimum absolute atomic E-state index is 0.0716. The normalized spacial score (nSPS) is 10.3. The molecular formula is C10H15BrN4O3. The molecule has 1 aromatic heterocycles. The van der Waals surface area contributed by atoms with Gasteiger partial charge in [0.15, 0.2) is 0 Å². The van der Waals surface area contributed by atoms with E-state index >= 15 is 0 Å². The van der Waals surface area contributed by atoms with Gasteiger partial charge < -0.3 is 15.4 Å². The van der Waals surface area contributed by atoms with Crippen molar-refractivity contribution in [1.29, 1.82) is 0 Å². The first-order chi connectivity index (χ1) is 8.54. The fourth-order valence-corrected chi connectivity index (χ4v) is 1.79. The van der Waals surface area contributed by atoms with Crippen LogP contribution in [0.1, 0.15) is 26.2 Å². The highest BCUT2D eigenvalue weighted by Crippen LogP contribution is 2.21. The fourth-order valence-electron chi connectivity index (χ4n) is 1.33. The van der Waals surface area contributed by atoms with Crippen LogP contribution in [0.15, 0.2) is 10.7 Å². The van der Waals surface area contributed by atoms with Gasteiger partial charge in [-0.15, -0.1) is 0 Å². The predicted octanol–water partition coefficient (Wildman–Crippen LogP) is 1.86. The summed E-state index contributed by atoms with van der Waals surface area (Å²) in [4.78, 5) is 21.4. The van der Waals surface area contributed by atoms with Crippen molar-refractivity contribution in [3.63, 3.8) is 0 Å². The number of hydrogen-bond acceptors (Lipinski definition) is 4. The highest BCUT2D eigenvalue weighted by Gasteiger charge is 2.18. The predicted molar refractivity (Wildman–Crippen MR) is 69.1 cm³/mol. The maximum Gasteiger partial charge on any atom is 0.404 e. The van der Waals surface area contributed by atoms with E-state index in [2.05, 4.69) is 26.3 Å². The summed E-state index contributed by atoms with van der Waals surface area (Å²) >= 11 is 3.05. The van der Waals surface area contributed by atoms with Crippen molar-refractivity contribution < 1.29 is 9.72 Å². The Morgan fingerprint density at radius 1 is 1.67 bits per heavy atom. The number of rotatable bonds is 7. The lowest BCUT2D eigenvalue weighted by Gasteiger charge is -2.02. The monoisotopic (exact) mass is 318 g/mol. The molecule has 0 spiro atoms. The number of unbranched alkanes of at least 4 members (excludes halogenated alkanes) is 1. The van der Waals surface area contributed by atoms with Crippen LogP contribution in [0.3, 0.4) is 0 Å². The van der Waals surface area contributed by atoms with Gasteiger partial charge in [0.1, 0.15) is 4.47 Å². The van der Waals surface area contributed by atoms with E-state index < -0.39 is 4.92 Å². The fraction of sp³-hybridized carbons (Fsp3) is 0.600. The molecule has 0 radical (unpaired) electrons. The maximum atomic E-state index is 11.4. The molecule has 0 atom stereocenters. The molecule has 100 valence electrons. The second kappa shape index (κ2) is 7.10. The number of carbonyl (C=O) groups is 1. The van der Waals surface area contributed by atoms with Crippen LogP contribution in [0.25, 0.3) is 0 Å². The van der Waals surface area contributed by atoms with Gasteiger partial charge >= 0.3 is 5.82 Å². The van der Waals surface area contributed by atoms with Gasteiger partial charge in [-0.2, -0.15) is 4.68 Å².